The van der Waals surface area contributed by atoms with E-state index in [1.807, 2.05) is 6.92 Å². The fourth-order valence-corrected chi connectivity index (χ4v) is 0.936. The zero-order chi connectivity index (χ0) is 10.4. The van der Waals surface area contributed by atoms with Crippen molar-refractivity contribution in [3.05, 3.63) is 11.9 Å². The smallest absolute Gasteiger partial charge is 0.210 e. The molecule has 1 rings (SSSR count). The molecule has 78 valence electrons. The van der Waals surface area contributed by atoms with Gasteiger partial charge in [-0.1, -0.05) is 5.21 Å². The molecule has 0 saturated heterocycles. The number of aromatic nitrogens is 3. The number of hydrogen-bond acceptors (Lipinski definition) is 5. The highest BCUT2D eigenvalue weighted by atomic mass is 16.5. The Labute approximate surface area is 82.0 Å². The molecule has 6 heteroatoms. The molecule has 14 heavy (non-hydrogen) atoms. The van der Waals surface area contributed by atoms with Crippen LogP contribution in [0.25, 0.3) is 0 Å². The molecular weight excluding hydrogens is 184 g/mol. The molecule has 6 nitrogen and oxygen atoms in total. The lowest BCUT2D eigenvalue weighted by molar-refractivity contribution is 0.0778. The molecule has 0 amide bonds. The van der Waals surface area contributed by atoms with Crippen molar-refractivity contribution in [2.45, 2.75) is 13.5 Å². The Hall–Kier alpha value is -1.27. The third-order valence-electron chi connectivity index (χ3n) is 1.62. The summed E-state index contributed by atoms with van der Waals surface area (Å²) in [5.74, 6) is -0.157. The molecule has 0 aliphatic heterocycles. The van der Waals surface area contributed by atoms with Crippen LogP contribution < -0.4 is 5.73 Å². The SMILES string of the molecule is CCOCC(=O)c1cn(CCN)nn1. The van der Waals surface area contributed by atoms with Gasteiger partial charge in [-0.05, 0) is 6.92 Å². The summed E-state index contributed by atoms with van der Waals surface area (Å²) in [4.78, 5) is 11.3. The molecule has 0 aliphatic rings. The molecule has 0 bridgehead atoms. The Morgan fingerprint density at radius 3 is 3.14 bits per heavy atom. The third-order valence-corrected chi connectivity index (χ3v) is 1.62. The van der Waals surface area contributed by atoms with Gasteiger partial charge in [0.2, 0.25) is 5.78 Å². The Morgan fingerprint density at radius 1 is 1.71 bits per heavy atom. The first kappa shape index (κ1) is 10.8. The first-order chi connectivity index (χ1) is 6.77. The van der Waals surface area contributed by atoms with E-state index in [1.165, 1.54) is 0 Å². The fraction of sp³-hybridized carbons (Fsp3) is 0.625. The summed E-state index contributed by atoms with van der Waals surface area (Å²) in [7, 11) is 0. The minimum atomic E-state index is -0.157. The van der Waals surface area contributed by atoms with Crippen molar-refractivity contribution in [2.24, 2.45) is 5.73 Å². The standard InChI is InChI=1S/C8H14N4O2/c1-2-14-6-8(13)7-5-12(4-3-9)11-10-7/h5H,2-4,6,9H2,1H3. The van der Waals surface area contributed by atoms with Gasteiger partial charge >= 0.3 is 0 Å². The lowest BCUT2D eigenvalue weighted by atomic mass is 10.3. The van der Waals surface area contributed by atoms with Crippen LogP contribution in [0.15, 0.2) is 6.20 Å². The molecular formula is C8H14N4O2. The number of Topliss-reactive ketones (excluding diaryl/α,β-unsaturated/α-hetero) is 1. The van der Waals surface area contributed by atoms with E-state index in [0.29, 0.717) is 25.4 Å². The maximum absolute atomic E-state index is 11.3. The number of ketones is 1. The first-order valence-electron chi connectivity index (χ1n) is 4.49. The quantitative estimate of drug-likeness (QED) is 0.620. The molecule has 0 unspecified atom stereocenters. The number of carbonyl (C=O) groups is 1. The molecule has 0 aromatic carbocycles. The monoisotopic (exact) mass is 198 g/mol. The summed E-state index contributed by atoms with van der Waals surface area (Å²) in [6, 6.07) is 0. The van der Waals surface area contributed by atoms with Gasteiger partial charge in [0.15, 0.2) is 5.69 Å². The van der Waals surface area contributed by atoms with Crippen LogP contribution in [0.1, 0.15) is 17.4 Å². The highest BCUT2D eigenvalue weighted by Gasteiger charge is 2.09. The van der Waals surface area contributed by atoms with Crippen molar-refractivity contribution in [3.8, 4) is 0 Å². The Kier molecular flexibility index (Phi) is 4.21. The molecule has 1 aromatic rings. The molecule has 0 radical (unpaired) electrons. The largest absolute Gasteiger partial charge is 0.374 e. The third kappa shape index (κ3) is 2.90. The second kappa shape index (κ2) is 5.46. The van der Waals surface area contributed by atoms with Crippen LogP contribution in [-0.2, 0) is 11.3 Å². The second-order valence-corrected chi connectivity index (χ2v) is 2.72. The number of carbonyl (C=O) groups excluding carboxylic acids is 1. The van der Waals surface area contributed by atoms with E-state index in [9.17, 15) is 4.79 Å². The normalized spacial score (nSPS) is 10.4. The Morgan fingerprint density at radius 2 is 2.50 bits per heavy atom. The number of nitrogens with two attached hydrogens (primary N) is 1. The molecule has 0 fully saturated rings. The van der Waals surface area contributed by atoms with Crippen LogP contribution in [0.4, 0.5) is 0 Å². The van der Waals surface area contributed by atoms with Crippen molar-refractivity contribution in [3.63, 3.8) is 0 Å². The minimum absolute atomic E-state index is 0.0534. The van der Waals surface area contributed by atoms with Crippen molar-refractivity contribution >= 4 is 5.78 Å². The lowest BCUT2D eigenvalue weighted by Gasteiger charge is -1.96. The van der Waals surface area contributed by atoms with Crippen LogP contribution in [0.3, 0.4) is 0 Å². The van der Waals surface area contributed by atoms with Crippen molar-refractivity contribution in [1.82, 2.24) is 15.0 Å². The molecule has 1 aromatic heterocycles. The van der Waals surface area contributed by atoms with Gasteiger partial charge in [0.05, 0.1) is 12.7 Å². The summed E-state index contributed by atoms with van der Waals surface area (Å²) in [6.07, 6.45) is 1.58. The van der Waals surface area contributed by atoms with Crippen LogP contribution in [0.2, 0.25) is 0 Å². The van der Waals surface area contributed by atoms with Gasteiger partial charge in [0.1, 0.15) is 6.61 Å². The predicted molar refractivity (Wildman–Crippen MR) is 49.9 cm³/mol. The number of nitrogens with zero attached hydrogens (tertiary/aromatic N) is 3. The highest BCUT2D eigenvalue weighted by molar-refractivity contribution is 5.94. The van der Waals surface area contributed by atoms with Crippen molar-refractivity contribution in [1.29, 1.82) is 0 Å². The lowest BCUT2D eigenvalue weighted by Crippen LogP contribution is -2.10. The number of rotatable bonds is 6. The number of hydrogen-bond donors (Lipinski definition) is 1. The van der Waals surface area contributed by atoms with Crippen molar-refractivity contribution < 1.29 is 9.53 Å². The van der Waals surface area contributed by atoms with Gasteiger partial charge in [-0.25, -0.2) is 0 Å². The highest BCUT2D eigenvalue weighted by Crippen LogP contribution is 1.95. The summed E-state index contributed by atoms with van der Waals surface area (Å²) in [5, 5.41) is 7.46. The summed E-state index contributed by atoms with van der Waals surface area (Å²) >= 11 is 0. The average Bonchev–Trinajstić information content (AvgIpc) is 2.63. The van der Waals surface area contributed by atoms with Gasteiger partial charge in [0, 0.05) is 13.2 Å². The van der Waals surface area contributed by atoms with Crippen LogP contribution in [-0.4, -0.2) is 40.5 Å². The zero-order valence-corrected chi connectivity index (χ0v) is 8.14. The molecule has 0 atom stereocenters. The van der Waals surface area contributed by atoms with Gasteiger partial charge in [-0.15, -0.1) is 5.10 Å². The topological polar surface area (TPSA) is 83.0 Å². The summed E-state index contributed by atoms with van der Waals surface area (Å²) < 4.78 is 6.51. The minimum Gasteiger partial charge on any atom is -0.374 e. The van der Waals surface area contributed by atoms with E-state index >= 15 is 0 Å². The molecule has 0 spiro atoms. The van der Waals surface area contributed by atoms with Crippen LogP contribution in [0, 0.1) is 0 Å². The van der Waals surface area contributed by atoms with Crippen molar-refractivity contribution in [2.75, 3.05) is 19.8 Å². The van der Waals surface area contributed by atoms with E-state index in [0.717, 1.165) is 0 Å². The van der Waals surface area contributed by atoms with E-state index in [-0.39, 0.29) is 12.4 Å². The van der Waals surface area contributed by atoms with Gasteiger partial charge in [-0.3, -0.25) is 9.48 Å². The van der Waals surface area contributed by atoms with Gasteiger partial charge < -0.3 is 10.5 Å². The zero-order valence-electron chi connectivity index (χ0n) is 8.14. The molecule has 2 N–H and O–H groups in total. The first-order valence-corrected chi connectivity index (χ1v) is 4.49. The van der Waals surface area contributed by atoms with Crippen LogP contribution >= 0.6 is 0 Å². The molecule has 1 heterocycles. The maximum Gasteiger partial charge on any atom is 0.210 e. The summed E-state index contributed by atoms with van der Waals surface area (Å²) in [6.45, 7) is 3.44. The average molecular weight is 198 g/mol. The van der Waals surface area contributed by atoms with E-state index in [1.54, 1.807) is 10.9 Å². The Bertz CT molecular complexity index is 297. The maximum atomic E-state index is 11.3. The van der Waals surface area contributed by atoms with E-state index in [2.05, 4.69) is 10.3 Å². The predicted octanol–water partition coefficient (Wildman–Crippen LogP) is -0.544. The molecule has 0 aliphatic carbocycles. The van der Waals surface area contributed by atoms with E-state index in [4.69, 9.17) is 10.5 Å². The van der Waals surface area contributed by atoms with Gasteiger partial charge in [-0.2, -0.15) is 0 Å². The van der Waals surface area contributed by atoms with Crippen LogP contribution in [0.5, 0.6) is 0 Å². The fourth-order valence-electron chi connectivity index (χ4n) is 0.936. The van der Waals surface area contributed by atoms with Gasteiger partial charge in [0.25, 0.3) is 0 Å². The molecule has 0 saturated carbocycles. The summed E-state index contributed by atoms with van der Waals surface area (Å²) in [5.41, 5.74) is 5.65. The Balaban J connectivity index is 2.53. The number of ether oxygens (including phenoxy) is 1. The second-order valence-electron chi connectivity index (χ2n) is 2.72. The van der Waals surface area contributed by atoms with E-state index < -0.39 is 0 Å².